The molecule has 0 spiro atoms. The van der Waals surface area contributed by atoms with Crippen molar-refractivity contribution in [1.29, 1.82) is 0 Å². The number of esters is 1. The van der Waals surface area contributed by atoms with Gasteiger partial charge in [0.1, 0.15) is 6.61 Å². The second-order valence-electron chi connectivity index (χ2n) is 2.04. The molecule has 0 unspecified atom stereocenters. The van der Waals surface area contributed by atoms with Gasteiger partial charge in [-0.25, -0.2) is 14.8 Å². The van der Waals surface area contributed by atoms with Gasteiger partial charge in [-0.05, 0) is 0 Å². The van der Waals surface area contributed by atoms with Gasteiger partial charge in [0.2, 0.25) is 0 Å². The summed E-state index contributed by atoms with van der Waals surface area (Å²) >= 11 is 0. The first-order chi connectivity index (χ1) is 5.77. The van der Waals surface area contributed by atoms with Crippen LogP contribution in [-0.2, 0) is 11.3 Å². The first kappa shape index (κ1) is 8.61. The van der Waals surface area contributed by atoms with Crippen molar-refractivity contribution >= 4 is 5.97 Å². The van der Waals surface area contributed by atoms with E-state index in [9.17, 15) is 4.79 Å². The van der Waals surface area contributed by atoms with Crippen LogP contribution in [0.3, 0.4) is 0 Å². The lowest BCUT2D eigenvalue weighted by atomic mass is 10.3. The van der Waals surface area contributed by atoms with E-state index >= 15 is 0 Å². The number of hydrogen-bond donors (Lipinski definition) is 1. The Kier molecular flexibility index (Phi) is 2.71. The molecule has 1 aromatic rings. The molecule has 64 valence electrons. The van der Waals surface area contributed by atoms with Crippen LogP contribution >= 0.6 is 0 Å². The van der Waals surface area contributed by atoms with Gasteiger partial charge in [0.25, 0.3) is 0 Å². The molecule has 1 heterocycles. The molecule has 12 heavy (non-hydrogen) atoms. The third-order valence-corrected chi connectivity index (χ3v) is 1.27. The van der Waals surface area contributed by atoms with Crippen LogP contribution in [0.4, 0.5) is 0 Å². The lowest BCUT2D eigenvalue weighted by Crippen LogP contribution is -2.04. The highest BCUT2D eigenvalue weighted by Crippen LogP contribution is 1.97. The quantitative estimate of drug-likeness (QED) is 0.617. The molecule has 5 nitrogen and oxygen atoms in total. The fraction of sp³-hybridized carbons (Fsp3) is 0.286. The molecule has 0 aliphatic carbocycles. The predicted molar refractivity (Wildman–Crippen MR) is 39.3 cm³/mol. The Hall–Kier alpha value is -1.49. The number of aromatic nitrogens is 2. The fourth-order valence-corrected chi connectivity index (χ4v) is 0.660. The Balaban J connectivity index is 2.84. The summed E-state index contributed by atoms with van der Waals surface area (Å²) in [7, 11) is 1.28. The van der Waals surface area contributed by atoms with Gasteiger partial charge in [-0.15, -0.1) is 0 Å². The number of aliphatic hydroxyl groups excluding tert-OH is 1. The smallest absolute Gasteiger partial charge is 0.341 e. The van der Waals surface area contributed by atoms with Gasteiger partial charge in [0.15, 0.2) is 5.82 Å². The molecule has 0 saturated heterocycles. The zero-order valence-corrected chi connectivity index (χ0v) is 6.52. The number of methoxy groups -OCH3 is 1. The average Bonchev–Trinajstić information content (AvgIpc) is 2.17. The maximum atomic E-state index is 10.8. The summed E-state index contributed by atoms with van der Waals surface area (Å²) in [6.07, 6.45) is 2.62. The van der Waals surface area contributed by atoms with Crippen LogP contribution in [0.2, 0.25) is 0 Å². The molecule has 1 aromatic heterocycles. The van der Waals surface area contributed by atoms with Gasteiger partial charge in [-0.1, -0.05) is 0 Å². The van der Waals surface area contributed by atoms with E-state index in [0.717, 1.165) is 0 Å². The monoisotopic (exact) mass is 168 g/mol. The second-order valence-corrected chi connectivity index (χ2v) is 2.04. The maximum absolute atomic E-state index is 10.8. The first-order valence-corrected chi connectivity index (χ1v) is 3.28. The number of rotatable bonds is 2. The molecular formula is C7H8N2O3. The fourth-order valence-electron chi connectivity index (χ4n) is 0.660. The van der Waals surface area contributed by atoms with Gasteiger partial charge in [0.05, 0.1) is 12.7 Å². The Morgan fingerprint density at radius 1 is 1.58 bits per heavy atom. The summed E-state index contributed by atoms with van der Waals surface area (Å²) in [4.78, 5) is 18.3. The highest BCUT2D eigenvalue weighted by atomic mass is 16.5. The van der Waals surface area contributed by atoms with Crippen LogP contribution in [0, 0.1) is 0 Å². The summed E-state index contributed by atoms with van der Waals surface area (Å²) in [5, 5.41) is 8.58. The van der Waals surface area contributed by atoms with E-state index in [2.05, 4.69) is 14.7 Å². The van der Waals surface area contributed by atoms with Crippen molar-refractivity contribution in [2.45, 2.75) is 6.61 Å². The number of nitrogens with zero attached hydrogens (tertiary/aromatic N) is 2. The van der Waals surface area contributed by atoms with Crippen molar-refractivity contribution in [2.75, 3.05) is 7.11 Å². The molecule has 0 fully saturated rings. The largest absolute Gasteiger partial charge is 0.465 e. The van der Waals surface area contributed by atoms with Gasteiger partial charge in [0, 0.05) is 12.4 Å². The topological polar surface area (TPSA) is 72.3 Å². The summed E-state index contributed by atoms with van der Waals surface area (Å²) in [6.45, 7) is -0.235. The van der Waals surface area contributed by atoms with Crippen LogP contribution < -0.4 is 0 Å². The molecule has 1 rings (SSSR count). The molecule has 0 bridgehead atoms. The Morgan fingerprint density at radius 2 is 2.17 bits per heavy atom. The van der Waals surface area contributed by atoms with E-state index in [-0.39, 0.29) is 18.0 Å². The highest BCUT2D eigenvalue weighted by Gasteiger charge is 2.05. The van der Waals surface area contributed by atoms with E-state index in [1.165, 1.54) is 19.5 Å². The van der Waals surface area contributed by atoms with Crippen LogP contribution in [0.15, 0.2) is 12.4 Å². The minimum atomic E-state index is -0.487. The molecule has 0 aromatic carbocycles. The van der Waals surface area contributed by atoms with Gasteiger partial charge in [-0.2, -0.15) is 0 Å². The Morgan fingerprint density at radius 3 is 2.58 bits per heavy atom. The molecule has 0 amide bonds. The van der Waals surface area contributed by atoms with E-state index in [0.29, 0.717) is 0 Å². The molecule has 0 radical (unpaired) electrons. The zero-order valence-electron chi connectivity index (χ0n) is 6.52. The van der Waals surface area contributed by atoms with Crippen molar-refractivity contribution in [2.24, 2.45) is 0 Å². The molecule has 0 aliphatic rings. The molecule has 0 aliphatic heterocycles. The number of ether oxygens (including phenoxy) is 1. The summed E-state index contributed by atoms with van der Waals surface area (Å²) < 4.78 is 4.43. The summed E-state index contributed by atoms with van der Waals surface area (Å²) in [6, 6.07) is 0. The first-order valence-electron chi connectivity index (χ1n) is 3.28. The van der Waals surface area contributed by atoms with Gasteiger partial charge in [-0.3, -0.25) is 0 Å². The van der Waals surface area contributed by atoms with Crippen molar-refractivity contribution < 1.29 is 14.6 Å². The van der Waals surface area contributed by atoms with E-state index in [4.69, 9.17) is 5.11 Å². The average molecular weight is 168 g/mol. The van der Waals surface area contributed by atoms with Crippen LogP contribution in [-0.4, -0.2) is 28.2 Å². The van der Waals surface area contributed by atoms with Crippen LogP contribution in [0.5, 0.6) is 0 Å². The number of hydrogen-bond acceptors (Lipinski definition) is 5. The van der Waals surface area contributed by atoms with E-state index in [1.807, 2.05) is 0 Å². The third-order valence-electron chi connectivity index (χ3n) is 1.27. The molecule has 5 heteroatoms. The molecule has 0 saturated carbocycles. The standard InChI is InChI=1S/C7H8N2O3/c1-12-7(11)5-2-8-6(4-10)9-3-5/h2-3,10H,4H2,1H3. The zero-order chi connectivity index (χ0) is 8.97. The Labute approximate surface area is 69.0 Å². The van der Waals surface area contributed by atoms with Crippen molar-refractivity contribution in [3.63, 3.8) is 0 Å². The summed E-state index contributed by atoms with van der Waals surface area (Å²) in [5.41, 5.74) is 0.273. The minimum absolute atomic E-state index is 0.235. The van der Waals surface area contributed by atoms with Crippen molar-refractivity contribution in [3.8, 4) is 0 Å². The van der Waals surface area contributed by atoms with Crippen molar-refractivity contribution in [1.82, 2.24) is 9.97 Å². The SMILES string of the molecule is COC(=O)c1cnc(CO)nc1. The van der Waals surface area contributed by atoms with Crippen LogP contribution in [0.1, 0.15) is 16.2 Å². The second kappa shape index (κ2) is 3.77. The molecule has 0 atom stereocenters. The van der Waals surface area contributed by atoms with E-state index < -0.39 is 5.97 Å². The minimum Gasteiger partial charge on any atom is -0.465 e. The molecular weight excluding hydrogens is 160 g/mol. The van der Waals surface area contributed by atoms with Crippen LogP contribution in [0.25, 0.3) is 0 Å². The normalized spacial score (nSPS) is 9.50. The highest BCUT2D eigenvalue weighted by molar-refractivity contribution is 5.88. The number of carbonyl (C=O) groups is 1. The number of aliphatic hydroxyl groups is 1. The van der Waals surface area contributed by atoms with Gasteiger partial charge >= 0.3 is 5.97 Å². The predicted octanol–water partition coefficient (Wildman–Crippen LogP) is -0.244. The lowest BCUT2D eigenvalue weighted by molar-refractivity contribution is 0.0599. The molecule has 1 N–H and O–H groups in total. The maximum Gasteiger partial charge on any atom is 0.341 e. The van der Waals surface area contributed by atoms with Crippen molar-refractivity contribution in [3.05, 3.63) is 23.8 Å². The third kappa shape index (κ3) is 1.76. The van der Waals surface area contributed by atoms with E-state index in [1.54, 1.807) is 0 Å². The number of carbonyl (C=O) groups excluding carboxylic acids is 1. The lowest BCUT2D eigenvalue weighted by Gasteiger charge is -1.97. The summed E-state index contributed by atoms with van der Waals surface area (Å²) in [5.74, 6) is -0.206. The Bertz CT molecular complexity index is 270. The van der Waals surface area contributed by atoms with Gasteiger partial charge < -0.3 is 9.84 Å².